The lowest BCUT2D eigenvalue weighted by Crippen LogP contribution is -2.18. The molecule has 0 fully saturated rings. The number of amides is 2. The number of carbonyl (C=O) groups is 2. The number of nitro groups is 1. The second kappa shape index (κ2) is 13.0. The smallest absolute Gasteiger partial charge is 0.271 e. The van der Waals surface area contributed by atoms with Crippen molar-refractivity contribution in [2.75, 3.05) is 12.4 Å². The first-order chi connectivity index (χ1) is 19.3. The number of nitrogens with zero attached hydrogens (tertiary/aromatic N) is 2. The van der Waals surface area contributed by atoms with Gasteiger partial charge in [-0.1, -0.05) is 23.7 Å². The fraction of sp³-hybridized carbons (Fsp3) is 0.0690. The first-order valence-corrected chi connectivity index (χ1v) is 12.3. The molecule has 2 N–H and O–H groups in total. The normalized spacial score (nSPS) is 10.7. The molecule has 4 aromatic rings. The third-order valence-electron chi connectivity index (χ3n) is 5.63. The molecule has 4 rings (SSSR count). The van der Waals surface area contributed by atoms with Gasteiger partial charge in [-0.25, -0.2) is 5.43 Å². The number of non-ortho nitro benzene ring substituents is 1. The summed E-state index contributed by atoms with van der Waals surface area (Å²) >= 11 is 6.06. The fourth-order valence-electron chi connectivity index (χ4n) is 3.54. The van der Waals surface area contributed by atoms with Gasteiger partial charge < -0.3 is 14.8 Å². The Hall–Kier alpha value is -5.22. The minimum atomic E-state index is -0.465. The van der Waals surface area contributed by atoms with Crippen molar-refractivity contribution in [3.8, 4) is 11.5 Å². The van der Waals surface area contributed by atoms with Crippen molar-refractivity contribution < 1.29 is 24.0 Å². The van der Waals surface area contributed by atoms with E-state index in [-0.39, 0.29) is 18.2 Å². The number of hydrogen-bond donors (Lipinski definition) is 2. The zero-order chi connectivity index (χ0) is 28.5. The molecule has 0 saturated heterocycles. The Morgan fingerprint density at radius 1 is 0.950 bits per heavy atom. The summed E-state index contributed by atoms with van der Waals surface area (Å²) in [6.07, 6.45) is 1.45. The van der Waals surface area contributed by atoms with Crippen molar-refractivity contribution in [3.05, 3.63) is 128 Å². The number of hydrazone groups is 1. The molecule has 0 bridgehead atoms. The number of rotatable bonds is 10. The van der Waals surface area contributed by atoms with E-state index in [0.717, 1.165) is 5.56 Å². The van der Waals surface area contributed by atoms with Crippen LogP contribution in [0.5, 0.6) is 11.5 Å². The van der Waals surface area contributed by atoms with Gasteiger partial charge in [0.1, 0.15) is 6.61 Å². The lowest BCUT2D eigenvalue weighted by Gasteiger charge is -2.11. The summed E-state index contributed by atoms with van der Waals surface area (Å²) in [6, 6.07) is 24.2. The summed E-state index contributed by atoms with van der Waals surface area (Å²) in [7, 11) is 1.51. The largest absolute Gasteiger partial charge is 0.493 e. The summed E-state index contributed by atoms with van der Waals surface area (Å²) < 4.78 is 11.2. The molecule has 40 heavy (non-hydrogen) atoms. The maximum absolute atomic E-state index is 12.5. The fourth-order valence-corrected chi connectivity index (χ4v) is 3.76. The molecule has 10 nitrogen and oxygen atoms in total. The van der Waals surface area contributed by atoms with Crippen LogP contribution in [0.3, 0.4) is 0 Å². The average Bonchev–Trinajstić information content (AvgIpc) is 2.97. The molecule has 0 spiro atoms. The van der Waals surface area contributed by atoms with Crippen LogP contribution >= 0.6 is 11.6 Å². The van der Waals surface area contributed by atoms with Crippen molar-refractivity contribution in [2.24, 2.45) is 5.10 Å². The van der Waals surface area contributed by atoms with Crippen LogP contribution in [-0.2, 0) is 6.61 Å². The lowest BCUT2D eigenvalue weighted by atomic mass is 10.1. The van der Waals surface area contributed by atoms with Gasteiger partial charge in [-0.3, -0.25) is 19.7 Å². The zero-order valence-electron chi connectivity index (χ0n) is 21.2. The number of hydrogen-bond acceptors (Lipinski definition) is 7. The second-order valence-corrected chi connectivity index (χ2v) is 8.74. The van der Waals surface area contributed by atoms with Gasteiger partial charge in [0, 0.05) is 23.4 Å². The Kier molecular flexibility index (Phi) is 9.06. The highest BCUT2D eigenvalue weighted by Gasteiger charge is 2.11. The summed E-state index contributed by atoms with van der Waals surface area (Å²) in [5.41, 5.74) is 5.03. The zero-order valence-corrected chi connectivity index (χ0v) is 21.9. The molecule has 4 aromatic carbocycles. The van der Waals surface area contributed by atoms with E-state index in [4.69, 9.17) is 21.1 Å². The predicted octanol–water partition coefficient (Wildman–Crippen LogP) is 5.85. The molecular weight excluding hydrogens is 536 g/mol. The number of benzene rings is 4. The van der Waals surface area contributed by atoms with E-state index in [2.05, 4.69) is 15.8 Å². The Balaban J connectivity index is 1.34. The number of nitro benzene ring substituents is 1. The third-order valence-corrected chi connectivity index (χ3v) is 5.96. The van der Waals surface area contributed by atoms with Crippen LogP contribution in [0.15, 0.2) is 96.1 Å². The van der Waals surface area contributed by atoms with Crippen LogP contribution in [0.1, 0.15) is 31.8 Å². The molecular formula is C29H23ClN4O6. The van der Waals surface area contributed by atoms with Gasteiger partial charge in [-0.15, -0.1) is 0 Å². The summed E-state index contributed by atoms with van der Waals surface area (Å²) in [5, 5.41) is 17.9. The highest BCUT2D eigenvalue weighted by Crippen LogP contribution is 2.28. The highest BCUT2D eigenvalue weighted by atomic mass is 35.5. The van der Waals surface area contributed by atoms with Crippen molar-refractivity contribution in [2.45, 2.75) is 6.61 Å². The van der Waals surface area contributed by atoms with E-state index in [0.29, 0.717) is 38.9 Å². The molecule has 0 atom stereocenters. The maximum atomic E-state index is 12.5. The molecule has 0 aliphatic carbocycles. The summed E-state index contributed by atoms with van der Waals surface area (Å²) in [6.45, 7) is 0.167. The molecule has 202 valence electrons. The standard InChI is InChI=1S/C29H23ClN4O6/c1-39-26-15-8-20(16-27(26)40-18-19-6-13-23(14-7-19)34(37)38)17-31-33-28(35)21-9-11-22(12-10-21)32-29(36)24-4-2-3-5-25(24)30/h2-17H,18H2,1H3,(H,32,36)(H,33,35)/b31-17+. The first kappa shape index (κ1) is 27.8. The monoisotopic (exact) mass is 558 g/mol. The van der Waals surface area contributed by atoms with Crippen molar-refractivity contribution in [1.29, 1.82) is 0 Å². The molecule has 0 aromatic heterocycles. The lowest BCUT2D eigenvalue weighted by molar-refractivity contribution is -0.384. The van der Waals surface area contributed by atoms with Crippen LogP contribution in [-0.4, -0.2) is 30.1 Å². The van der Waals surface area contributed by atoms with Gasteiger partial charge in [0.2, 0.25) is 0 Å². The number of anilines is 1. The van der Waals surface area contributed by atoms with Crippen LogP contribution in [0.4, 0.5) is 11.4 Å². The van der Waals surface area contributed by atoms with Gasteiger partial charge >= 0.3 is 0 Å². The van der Waals surface area contributed by atoms with Crippen LogP contribution in [0, 0.1) is 10.1 Å². The average molecular weight is 559 g/mol. The van der Waals surface area contributed by atoms with Gasteiger partial charge in [0.25, 0.3) is 17.5 Å². The van der Waals surface area contributed by atoms with Gasteiger partial charge in [-0.05, 0) is 77.9 Å². The van der Waals surface area contributed by atoms with E-state index in [1.165, 1.54) is 25.5 Å². The first-order valence-electron chi connectivity index (χ1n) is 11.9. The van der Waals surface area contributed by atoms with Gasteiger partial charge in [0.05, 0.1) is 28.8 Å². The molecule has 0 heterocycles. The van der Waals surface area contributed by atoms with E-state index in [9.17, 15) is 19.7 Å². The van der Waals surface area contributed by atoms with Crippen molar-refractivity contribution in [3.63, 3.8) is 0 Å². The Bertz CT molecular complexity index is 1560. The third kappa shape index (κ3) is 7.21. The minimum Gasteiger partial charge on any atom is -0.493 e. The number of ether oxygens (including phenoxy) is 2. The Morgan fingerprint density at radius 2 is 1.68 bits per heavy atom. The number of methoxy groups -OCH3 is 1. The topological polar surface area (TPSA) is 132 Å². The van der Waals surface area contributed by atoms with E-state index >= 15 is 0 Å². The van der Waals surface area contributed by atoms with Crippen LogP contribution in [0.25, 0.3) is 0 Å². The molecule has 0 aliphatic heterocycles. The Morgan fingerprint density at radius 3 is 2.35 bits per heavy atom. The SMILES string of the molecule is COc1ccc(/C=N/NC(=O)c2ccc(NC(=O)c3ccccc3Cl)cc2)cc1OCc1ccc([N+](=O)[O-])cc1. The molecule has 0 saturated carbocycles. The van der Waals surface area contributed by atoms with E-state index in [1.54, 1.807) is 78.9 Å². The predicted molar refractivity (Wildman–Crippen MR) is 151 cm³/mol. The highest BCUT2D eigenvalue weighted by molar-refractivity contribution is 6.34. The van der Waals surface area contributed by atoms with Crippen molar-refractivity contribution in [1.82, 2.24) is 5.43 Å². The van der Waals surface area contributed by atoms with Crippen molar-refractivity contribution >= 4 is 41.0 Å². The van der Waals surface area contributed by atoms with E-state index in [1.807, 2.05) is 0 Å². The number of nitrogens with one attached hydrogen (secondary N) is 2. The Labute approximate surface area is 234 Å². The second-order valence-electron chi connectivity index (χ2n) is 8.33. The summed E-state index contributed by atoms with van der Waals surface area (Å²) in [5.74, 6) is 0.127. The van der Waals surface area contributed by atoms with E-state index < -0.39 is 10.8 Å². The maximum Gasteiger partial charge on any atom is 0.271 e. The van der Waals surface area contributed by atoms with Crippen LogP contribution in [0.2, 0.25) is 5.02 Å². The van der Waals surface area contributed by atoms with Gasteiger partial charge in [-0.2, -0.15) is 5.10 Å². The van der Waals surface area contributed by atoms with Gasteiger partial charge in [0.15, 0.2) is 11.5 Å². The molecule has 0 unspecified atom stereocenters. The number of halogens is 1. The number of carbonyl (C=O) groups excluding carboxylic acids is 2. The minimum absolute atomic E-state index is 0.00211. The molecule has 2 amide bonds. The van der Waals surface area contributed by atoms with Crippen LogP contribution < -0.4 is 20.2 Å². The quantitative estimate of drug-likeness (QED) is 0.142. The molecule has 11 heteroatoms. The molecule has 0 aliphatic rings. The summed E-state index contributed by atoms with van der Waals surface area (Å²) in [4.78, 5) is 35.3. The molecule has 0 radical (unpaired) electrons.